The smallest absolute Gasteiger partial charge is 0.0574 e. The molecule has 2 heterocycles. The highest BCUT2D eigenvalue weighted by Gasteiger charge is 2.29. The Balaban J connectivity index is 2.11. The van der Waals surface area contributed by atoms with Crippen LogP contribution >= 0.6 is 0 Å². The maximum Gasteiger partial charge on any atom is 0.0574 e. The minimum Gasteiger partial charge on any atom is -0.308 e. The molecule has 2 aromatic rings. The van der Waals surface area contributed by atoms with Gasteiger partial charge in [-0.05, 0) is 37.9 Å². The third kappa shape index (κ3) is 1.48. The number of nitrogens with zero attached hydrogens (tertiary/aromatic N) is 2. The molecule has 82 valence electrons. The van der Waals surface area contributed by atoms with E-state index >= 15 is 0 Å². The Bertz CT molecular complexity index is 515. The maximum atomic E-state index is 3.93. The standard InChI is InChI=1S/C13H15N3/c1-13(5-2-6-14-13)12-4-3-10-8-15-16-9-11(10)7-12/h3-4,7-9,14H,2,5-6H2,1H3. The Morgan fingerprint density at radius 3 is 2.75 bits per heavy atom. The van der Waals surface area contributed by atoms with Crippen LogP contribution in [0.3, 0.4) is 0 Å². The van der Waals surface area contributed by atoms with Crippen LogP contribution in [0.5, 0.6) is 0 Å². The Morgan fingerprint density at radius 1 is 1.19 bits per heavy atom. The normalized spacial score (nSPS) is 25.1. The van der Waals surface area contributed by atoms with Crippen LogP contribution in [0, 0.1) is 0 Å². The number of hydrogen-bond donors (Lipinski definition) is 1. The van der Waals surface area contributed by atoms with Gasteiger partial charge in [0.1, 0.15) is 0 Å². The fourth-order valence-electron chi connectivity index (χ4n) is 2.48. The lowest BCUT2D eigenvalue weighted by Crippen LogP contribution is -2.32. The van der Waals surface area contributed by atoms with Gasteiger partial charge >= 0.3 is 0 Å². The van der Waals surface area contributed by atoms with Crippen LogP contribution in [0.25, 0.3) is 10.8 Å². The predicted octanol–water partition coefficient (Wildman–Crippen LogP) is 2.23. The zero-order valence-electron chi connectivity index (χ0n) is 9.40. The average molecular weight is 213 g/mol. The van der Waals surface area contributed by atoms with Gasteiger partial charge in [-0.25, -0.2) is 0 Å². The van der Waals surface area contributed by atoms with Crippen molar-refractivity contribution in [3.8, 4) is 0 Å². The van der Waals surface area contributed by atoms with E-state index in [1.807, 2.05) is 12.4 Å². The van der Waals surface area contributed by atoms with Gasteiger partial charge in [0.2, 0.25) is 0 Å². The summed E-state index contributed by atoms with van der Waals surface area (Å²) in [6.45, 7) is 3.39. The van der Waals surface area contributed by atoms with Gasteiger partial charge in [-0.1, -0.05) is 12.1 Å². The molecule has 0 spiro atoms. The molecule has 1 N–H and O–H groups in total. The summed E-state index contributed by atoms with van der Waals surface area (Å²) < 4.78 is 0. The lowest BCUT2D eigenvalue weighted by molar-refractivity contribution is 0.435. The van der Waals surface area contributed by atoms with Gasteiger partial charge in [-0.3, -0.25) is 0 Å². The summed E-state index contributed by atoms with van der Waals surface area (Å²) in [6, 6.07) is 6.55. The van der Waals surface area contributed by atoms with E-state index in [2.05, 4.69) is 40.6 Å². The van der Waals surface area contributed by atoms with E-state index in [0.717, 1.165) is 11.9 Å². The molecule has 3 heteroatoms. The highest BCUT2D eigenvalue weighted by Crippen LogP contribution is 2.31. The lowest BCUT2D eigenvalue weighted by Gasteiger charge is -2.25. The number of hydrogen-bond acceptors (Lipinski definition) is 3. The average Bonchev–Trinajstić information content (AvgIpc) is 2.77. The second kappa shape index (κ2) is 3.52. The number of fused-ring (bicyclic) bond motifs is 1. The number of rotatable bonds is 1. The van der Waals surface area contributed by atoms with Gasteiger partial charge in [0.15, 0.2) is 0 Å². The van der Waals surface area contributed by atoms with E-state index in [9.17, 15) is 0 Å². The van der Waals surface area contributed by atoms with Crippen LogP contribution in [0.1, 0.15) is 25.3 Å². The van der Waals surface area contributed by atoms with Gasteiger partial charge < -0.3 is 5.32 Å². The minimum atomic E-state index is 0.136. The predicted molar refractivity (Wildman–Crippen MR) is 64.1 cm³/mol. The van der Waals surface area contributed by atoms with Crippen molar-refractivity contribution in [3.05, 3.63) is 36.2 Å². The molecule has 1 atom stereocenters. The topological polar surface area (TPSA) is 37.8 Å². The molecule has 1 aliphatic rings. The summed E-state index contributed by atoms with van der Waals surface area (Å²) in [5, 5.41) is 13.7. The van der Waals surface area contributed by atoms with Crippen molar-refractivity contribution in [3.63, 3.8) is 0 Å². The Hall–Kier alpha value is -1.48. The molecule has 0 saturated carbocycles. The van der Waals surface area contributed by atoms with E-state index < -0.39 is 0 Å². The molecule has 0 aliphatic carbocycles. The molecule has 1 fully saturated rings. The third-order valence-electron chi connectivity index (χ3n) is 3.55. The van der Waals surface area contributed by atoms with Crippen molar-refractivity contribution in [2.75, 3.05) is 6.54 Å². The number of nitrogens with one attached hydrogen (secondary N) is 1. The molecule has 3 nitrogen and oxygen atoms in total. The van der Waals surface area contributed by atoms with Crippen molar-refractivity contribution in [2.24, 2.45) is 0 Å². The third-order valence-corrected chi connectivity index (χ3v) is 3.55. The van der Waals surface area contributed by atoms with Crippen LogP contribution in [-0.2, 0) is 5.54 Å². The molecule has 0 bridgehead atoms. The van der Waals surface area contributed by atoms with Gasteiger partial charge in [-0.15, -0.1) is 0 Å². The Kier molecular flexibility index (Phi) is 2.14. The highest BCUT2D eigenvalue weighted by molar-refractivity contribution is 5.81. The summed E-state index contributed by atoms with van der Waals surface area (Å²) >= 11 is 0. The van der Waals surface area contributed by atoms with Crippen LogP contribution in [-0.4, -0.2) is 16.7 Å². The molecule has 16 heavy (non-hydrogen) atoms. The quantitative estimate of drug-likeness (QED) is 0.789. The van der Waals surface area contributed by atoms with Crippen molar-refractivity contribution >= 4 is 10.8 Å². The van der Waals surface area contributed by atoms with Gasteiger partial charge in [0.25, 0.3) is 0 Å². The monoisotopic (exact) mass is 213 g/mol. The molecule has 1 saturated heterocycles. The van der Waals surface area contributed by atoms with Crippen molar-refractivity contribution in [1.29, 1.82) is 0 Å². The molecule has 1 aromatic carbocycles. The van der Waals surface area contributed by atoms with Gasteiger partial charge in [0.05, 0.1) is 12.4 Å². The first-order valence-electron chi connectivity index (χ1n) is 5.74. The first-order valence-corrected chi connectivity index (χ1v) is 5.74. The van der Waals surface area contributed by atoms with E-state index in [0.29, 0.717) is 0 Å². The first kappa shape index (κ1) is 9.73. The van der Waals surface area contributed by atoms with Crippen molar-refractivity contribution < 1.29 is 0 Å². The summed E-state index contributed by atoms with van der Waals surface area (Å²) in [7, 11) is 0. The minimum absolute atomic E-state index is 0.136. The maximum absolute atomic E-state index is 3.93. The Morgan fingerprint density at radius 2 is 2.00 bits per heavy atom. The summed E-state index contributed by atoms with van der Waals surface area (Å²) in [5.74, 6) is 0. The zero-order chi connectivity index (χ0) is 11.0. The lowest BCUT2D eigenvalue weighted by atomic mass is 9.89. The highest BCUT2D eigenvalue weighted by atomic mass is 15.1. The molecule has 0 amide bonds. The molecular formula is C13H15N3. The Labute approximate surface area is 94.9 Å². The summed E-state index contributed by atoms with van der Waals surface area (Å²) in [5.41, 5.74) is 1.49. The molecule has 1 aromatic heterocycles. The van der Waals surface area contributed by atoms with E-state index in [1.165, 1.54) is 23.8 Å². The SMILES string of the molecule is CC1(c2ccc3cnncc3c2)CCCN1. The van der Waals surface area contributed by atoms with Gasteiger partial charge in [0, 0.05) is 16.3 Å². The zero-order valence-corrected chi connectivity index (χ0v) is 9.40. The van der Waals surface area contributed by atoms with Crippen molar-refractivity contribution in [1.82, 2.24) is 15.5 Å². The van der Waals surface area contributed by atoms with Crippen molar-refractivity contribution in [2.45, 2.75) is 25.3 Å². The largest absolute Gasteiger partial charge is 0.308 e. The second-order valence-electron chi connectivity index (χ2n) is 4.70. The van der Waals surface area contributed by atoms with Gasteiger partial charge in [-0.2, -0.15) is 10.2 Å². The summed E-state index contributed by atoms with van der Waals surface area (Å²) in [6.07, 6.45) is 6.10. The molecular weight excluding hydrogens is 198 g/mol. The molecule has 1 unspecified atom stereocenters. The fraction of sp³-hybridized carbons (Fsp3) is 0.385. The molecule has 0 radical (unpaired) electrons. The second-order valence-corrected chi connectivity index (χ2v) is 4.70. The molecule has 1 aliphatic heterocycles. The number of aromatic nitrogens is 2. The molecule has 3 rings (SSSR count). The van der Waals surface area contributed by atoms with E-state index in [1.54, 1.807) is 0 Å². The first-order chi connectivity index (χ1) is 7.78. The van der Waals surface area contributed by atoms with E-state index in [-0.39, 0.29) is 5.54 Å². The van der Waals surface area contributed by atoms with E-state index in [4.69, 9.17) is 0 Å². The fourth-order valence-corrected chi connectivity index (χ4v) is 2.48. The van der Waals surface area contributed by atoms with Crippen LogP contribution < -0.4 is 5.32 Å². The van der Waals surface area contributed by atoms with Crippen LogP contribution in [0.4, 0.5) is 0 Å². The van der Waals surface area contributed by atoms with Crippen LogP contribution in [0.15, 0.2) is 30.6 Å². The summed E-state index contributed by atoms with van der Waals surface area (Å²) in [4.78, 5) is 0. The number of benzene rings is 1. The van der Waals surface area contributed by atoms with Crippen LogP contribution in [0.2, 0.25) is 0 Å².